The molecule has 8 heteroatoms. The first-order valence-corrected chi connectivity index (χ1v) is 7.49. The number of methoxy groups -OCH3 is 1. The first-order valence-electron chi connectivity index (χ1n) is 6.34. The molecule has 22 heavy (non-hydrogen) atoms. The van der Waals surface area contributed by atoms with Crippen molar-refractivity contribution < 1.29 is 24.2 Å². The maximum atomic E-state index is 11.6. The number of amides is 1. The third-order valence-corrected chi connectivity index (χ3v) is 3.39. The van der Waals surface area contributed by atoms with Gasteiger partial charge in [-0.3, -0.25) is 9.59 Å². The van der Waals surface area contributed by atoms with Gasteiger partial charge >= 0.3 is 5.97 Å². The smallest absolute Gasteiger partial charge is 0.313 e. The summed E-state index contributed by atoms with van der Waals surface area (Å²) in [5.74, 6) is 0.0724. The second kappa shape index (κ2) is 9.52. The highest BCUT2D eigenvalue weighted by Crippen LogP contribution is 2.27. The lowest BCUT2D eigenvalue weighted by Crippen LogP contribution is -2.30. The van der Waals surface area contributed by atoms with Crippen molar-refractivity contribution in [1.82, 2.24) is 5.32 Å². The molecule has 0 saturated heterocycles. The quantitative estimate of drug-likeness (QED) is 0.649. The summed E-state index contributed by atoms with van der Waals surface area (Å²) in [7, 11) is 1.45. The Bertz CT molecular complexity index is 571. The number of carboxylic acid groups (broad SMARTS) is 1. The van der Waals surface area contributed by atoms with E-state index in [1.165, 1.54) is 24.9 Å². The molecule has 0 aliphatic carbocycles. The molecule has 0 radical (unpaired) electrons. The van der Waals surface area contributed by atoms with Crippen LogP contribution in [0.2, 0.25) is 0 Å². The Labute approximate surface area is 132 Å². The Balaban J connectivity index is 2.35. The van der Waals surface area contributed by atoms with Crippen LogP contribution in [0.15, 0.2) is 18.2 Å². The number of carbonyl (C=O) groups excluding carboxylic acids is 1. The monoisotopic (exact) mass is 324 g/mol. The largest absolute Gasteiger partial charge is 0.493 e. The number of hydrogen-bond donors (Lipinski definition) is 2. The summed E-state index contributed by atoms with van der Waals surface area (Å²) in [5, 5.41) is 19.9. The van der Waals surface area contributed by atoms with E-state index in [-0.39, 0.29) is 18.3 Å². The minimum Gasteiger partial charge on any atom is -0.493 e. The second-order valence-electron chi connectivity index (χ2n) is 4.06. The summed E-state index contributed by atoms with van der Waals surface area (Å²) in [6.07, 6.45) is 0. The van der Waals surface area contributed by atoms with Crippen molar-refractivity contribution in [2.45, 2.75) is 0 Å². The van der Waals surface area contributed by atoms with Gasteiger partial charge in [-0.05, 0) is 12.1 Å². The predicted octanol–water partition coefficient (Wildman–Crippen LogP) is 0.880. The van der Waals surface area contributed by atoms with Gasteiger partial charge in [0.05, 0.1) is 24.5 Å². The number of thioether (sulfide) groups is 1. The highest BCUT2D eigenvalue weighted by molar-refractivity contribution is 7.99. The van der Waals surface area contributed by atoms with E-state index in [1.807, 2.05) is 6.07 Å². The van der Waals surface area contributed by atoms with Crippen LogP contribution in [0.1, 0.15) is 5.56 Å². The van der Waals surface area contributed by atoms with E-state index in [9.17, 15) is 9.59 Å². The standard InChI is InChI=1S/C14H16N2O5S/c1-20-12-6-10(7-15)2-3-11(12)21-8-13(17)16-4-5-22-9-14(18)19/h2-3,6H,4-5,8-9H2,1H3,(H,16,17)(H,18,19). The lowest BCUT2D eigenvalue weighted by atomic mass is 10.2. The van der Waals surface area contributed by atoms with Crippen LogP contribution >= 0.6 is 11.8 Å². The fraction of sp³-hybridized carbons (Fsp3) is 0.357. The lowest BCUT2D eigenvalue weighted by Gasteiger charge is -2.10. The van der Waals surface area contributed by atoms with E-state index in [0.29, 0.717) is 29.4 Å². The molecule has 0 unspecified atom stereocenters. The van der Waals surface area contributed by atoms with Crippen molar-refractivity contribution in [3.8, 4) is 17.6 Å². The molecule has 1 rings (SSSR count). The number of nitrogens with one attached hydrogen (secondary N) is 1. The highest BCUT2D eigenvalue weighted by Gasteiger charge is 2.08. The van der Waals surface area contributed by atoms with Crippen LogP contribution < -0.4 is 14.8 Å². The molecule has 7 nitrogen and oxygen atoms in total. The zero-order valence-electron chi connectivity index (χ0n) is 12.0. The fourth-order valence-electron chi connectivity index (χ4n) is 1.47. The van der Waals surface area contributed by atoms with Gasteiger partial charge in [0.1, 0.15) is 0 Å². The van der Waals surface area contributed by atoms with E-state index in [4.69, 9.17) is 19.8 Å². The molecule has 0 spiro atoms. The van der Waals surface area contributed by atoms with Crippen LogP contribution in [0.4, 0.5) is 0 Å². The Morgan fingerprint density at radius 3 is 2.82 bits per heavy atom. The number of rotatable bonds is 9. The van der Waals surface area contributed by atoms with Crippen LogP contribution in [-0.2, 0) is 9.59 Å². The van der Waals surface area contributed by atoms with Crippen molar-refractivity contribution in [2.75, 3.05) is 31.8 Å². The van der Waals surface area contributed by atoms with Gasteiger partial charge in [-0.25, -0.2) is 0 Å². The zero-order valence-corrected chi connectivity index (χ0v) is 12.8. The van der Waals surface area contributed by atoms with Gasteiger partial charge in [0, 0.05) is 18.4 Å². The molecule has 0 fully saturated rings. The molecule has 0 aliphatic heterocycles. The fourth-order valence-corrected chi connectivity index (χ4v) is 2.04. The van der Waals surface area contributed by atoms with E-state index >= 15 is 0 Å². The van der Waals surface area contributed by atoms with E-state index in [0.717, 1.165) is 0 Å². The minimum absolute atomic E-state index is 0.00874. The number of aliphatic carboxylic acids is 1. The van der Waals surface area contributed by atoms with Crippen molar-refractivity contribution in [2.24, 2.45) is 0 Å². The number of nitriles is 1. The average Bonchev–Trinajstić information content (AvgIpc) is 2.52. The first-order chi connectivity index (χ1) is 10.6. The van der Waals surface area contributed by atoms with Crippen LogP contribution in [0.3, 0.4) is 0 Å². The Morgan fingerprint density at radius 2 is 2.18 bits per heavy atom. The first kappa shape index (κ1) is 17.7. The van der Waals surface area contributed by atoms with Crippen molar-refractivity contribution in [1.29, 1.82) is 5.26 Å². The summed E-state index contributed by atoms with van der Waals surface area (Å²) in [6.45, 7) is 0.177. The van der Waals surface area contributed by atoms with Crippen LogP contribution in [0.5, 0.6) is 11.5 Å². The normalized spacial score (nSPS) is 9.64. The van der Waals surface area contributed by atoms with Crippen molar-refractivity contribution >= 4 is 23.6 Å². The number of hydrogen-bond acceptors (Lipinski definition) is 6. The molecule has 0 aromatic heterocycles. The van der Waals surface area contributed by atoms with Crippen LogP contribution in [0.25, 0.3) is 0 Å². The summed E-state index contributed by atoms with van der Waals surface area (Å²) in [6, 6.07) is 6.64. The molecule has 1 amide bonds. The van der Waals surface area contributed by atoms with E-state index < -0.39 is 5.97 Å². The molecule has 0 atom stereocenters. The maximum Gasteiger partial charge on any atom is 0.313 e. The van der Waals surface area contributed by atoms with Crippen molar-refractivity contribution in [3.05, 3.63) is 23.8 Å². The van der Waals surface area contributed by atoms with Gasteiger partial charge in [0.2, 0.25) is 0 Å². The maximum absolute atomic E-state index is 11.6. The number of nitrogens with zero attached hydrogens (tertiary/aromatic N) is 1. The zero-order chi connectivity index (χ0) is 16.4. The van der Waals surface area contributed by atoms with Gasteiger partial charge in [0.25, 0.3) is 5.91 Å². The molecule has 118 valence electrons. The third kappa shape index (κ3) is 6.37. The topological polar surface area (TPSA) is 109 Å². The summed E-state index contributed by atoms with van der Waals surface area (Å²) >= 11 is 1.22. The average molecular weight is 324 g/mol. The molecule has 1 aromatic carbocycles. The van der Waals surface area contributed by atoms with Gasteiger partial charge < -0.3 is 19.9 Å². The van der Waals surface area contributed by atoms with E-state index in [2.05, 4.69) is 5.32 Å². The molecule has 2 N–H and O–H groups in total. The number of carbonyl (C=O) groups is 2. The summed E-state index contributed by atoms with van der Waals surface area (Å²) in [4.78, 5) is 21.9. The molecule has 0 saturated carbocycles. The molecular formula is C14H16N2O5S. The van der Waals surface area contributed by atoms with Gasteiger partial charge in [-0.15, -0.1) is 11.8 Å². The number of ether oxygens (including phenoxy) is 2. The SMILES string of the molecule is COc1cc(C#N)ccc1OCC(=O)NCCSCC(=O)O. The van der Waals surface area contributed by atoms with Crippen LogP contribution in [-0.4, -0.2) is 48.8 Å². The van der Waals surface area contributed by atoms with Crippen LogP contribution in [0, 0.1) is 11.3 Å². The second-order valence-corrected chi connectivity index (χ2v) is 5.17. The number of carboxylic acids is 1. The summed E-state index contributed by atoms with van der Waals surface area (Å²) in [5.41, 5.74) is 0.434. The van der Waals surface area contributed by atoms with Gasteiger partial charge in [0.15, 0.2) is 18.1 Å². The Hall–Kier alpha value is -2.40. The molecule has 0 bridgehead atoms. The Morgan fingerprint density at radius 1 is 1.41 bits per heavy atom. The van der Waals surface area contributed by atoms with Crippen molar-refractivity contribution in [3.63, 3.8) is 0 Å². The van der Waals surface area contributed by atoms with E-state index in [1.54, 1.807) is 12.1 Å². The molecule has 0 heterocycles. The minimum atomic E-state index is -0.882. The van der Waals surface area contributed by atoms with Gasteiger partial charge in [-0.2, -0.15) is 5.26 Å². The summed E-state index contributed by atoms with van der Waals surface area (Å²) < 4.78 is 10.4. The lowest BCUT2D eigenvalue weighted by molar-refractivity contribution is -0.133. The third-order valence-electron chi connectivity index (χ3n) is 2.45. The van der Waals surface area contributed by atoms with Gasteiger partial charge in [-0.1, -0.05) is 0 Å². The molecular weight excluding hydrogens is 308 g/mol. The highest BCUT2D eigenvalue weighted by atomic mass is 32.2. The molecule has 1 aromatic rings. The number of benzene rings is 1. The molecule has 0 aliphatic rings. The predicted molar refractivity (Wildman–Crippen MR) is 81.2 cm³/mol. The Kier molecular flexibility index (Phi) is 7.64.